The molecule has 1 aromatic rings. The van der Waals surface area contributed by atoms with Crippen molar-refractivity contribution in [2.45, 2.75) is 44.4 Å². The molecular weight excluding hydrogens is 432 g/mol. The number of benzene rings is 1. The van der Waals surface area contributed by atoms with Gasteiger partial charge >= 0.3 is 0 Å². The molecule has 3 saturated heterocycles. The minimum absolute atomic E-state index is 0.0276. The molecule has 2 unspecified atom stereocenters. The van der Waals surface area contributed by atoms with E-state index in [1.165, 1.54) is 5.56 Å². The summed E-state index contributed by atoms with van der Waals surface area (Å²) in [5, 5.41) is 18.7. The average molecular weight is 467 g/mol. The number of piperidine rings is 1. The van der Waals surface area contributed by atoms with Crippen LogP contribution in [0.1, 0.15) is 50.0 Å². The number of nitrogens with one attached hydrogen (secondary N) is 1. The summed E-state index contributed by atoms with van der Waals surface area (Å²) in [6, 6.07) is 10.2. The van der Waals surface area contributed by atoms with Gasteiger partial charge in [0.05, 0.1) is 11.8 Å². The molecule has 9 heteroatoms. The zero-order valence-corrected chi connectivity index (χ0v) is 19.6. The van der Waals surface area contributed by atoms with Gasteiger partial charge < -0.3 is 14.7 Å². The van der Waals surface area contributed by atoms with Gasteiger partial charge in [-0.25, -0.2) is 5.48 Å². The maximum Gasteiger partial charge on any atom is 0.249 e. The van der Waals surface area contributed by atoms with Crippen LogP contribution in [0.25, 0.3) is 0 Å². The van der Waals surface area contributed by atoms with Crippen LogP contribution >= 0.6 is 0 Å². The highest BCUT2D eigenvalue weighted by Gasteiger charge is 2.43. The fourth-order valence-electron chi connectivity index (χ4n) is 5.63. The van der Waals surface area contributed by atoms with E-state index in [9.17, 15) is 20.1 Å². The topological polar surface area (TPSA) is 112 Å². The van der Waals surface area contributed by atoms with Gasteiger partial charge in [0.25, 0.3) is 0 Å². The van der Waals surface area contributed by atoms with E-state index >= 15 is 0 Å². The van der Waals surface area contributed by atoms with Crippen molar-refractivity contribution >= 4 is 17.8 Å². The second kappa shape index (κ2) is 11.3. The van der Waals surface area contributed by atoms with E-state index in [1.54, 1.807) is 5.48 Å². The van der Waals surface area contributed by atoms with Crippen LogP contribution < -0.4 is 5.48 Å². The highest BCUT2D eigenvalue weighted by atomic mass is 16.5. The van der Waals surface area contributed by atoms with Gasteiger partial charge in [-0.3, -0.25) is 14.8 Å². The third-order valence-corrected chi connectivity index (χ3v) is 7.47. The minimum atomic E-state index is -0.710. The lowest BCUT2D eigenvalue weighted by Gasteiger charge is -2.41. The van der Waals surface area contributed by atoms with E-state index in [1.807, 2.05) is 34.2 Å². The smallest absolute Gasteiger partial charge is 0.249 e. The molecule has 2 N–H and O–H groups in total. The number of hydrogen-bond acceptors (Lipinski definition) is 5. The van der Waals surface area contributed by atoms with Crippen molar-refractivity contribution in [2.24, 2.45) is 16.8 Å². The van der Waals surface area contributed by atoms with Crippen molar-refractivity contribution in [1.82, 2.24) is 20.2 Å². The van der Waals surface area contributed by atoms with Gasteiger partial charge in [0.2, 0.25) is 24.0 Å². The van der Waals surface area contributed by atoms with Gasteiger partial charge in [-0.1, -0.05) is 43.2 Å². The number of guanidine groups is 1. The number of likely N-dealkylation sites (tertiary alicyclic amines) is 3. The Bertz CT molecular complexity index is 922. The molecule has 2 amide bonds. The van der Waals surface area contributed by atoms with Gasteiger partial charge in [0.1, 0.15) is 0 Å². The van der Waals surface area contributed by atoms with E-state index < -0.39 is 17.7 Å². The minimum Gasteiger partial charge on any atom is -0.342 e. The summed E-state index contributed by atoms with van der Waals surface area (Å²) in [7, 11) is 0. The predicted molar refractivity (Wildman–Crippen MR) is 127 cm³/mol. The molecule has 0 aliphatic carbocycles. The first-order chi connectivity index (χ1) is 16.6. The number of hydroxylamine groups is 1. The third kappa shape index (κ3) is 5.33. The normalized spacial score (nSPS) is 26.1. The molecule has 0 radical (unpaired) electrons. The molecule has 3 aliphatic heterocycles. The molecule has 0 spiro atoms. The Balaban J connectivity index is 1.47. The Kier molecular flexibility index (Phi) is 8.01. The van der Waals surface area contributed by atoms with Crippen LogP contribution in [0.15, 0.2) is 35.3 Å². The molecular formula is C25H34N6O3. The number of nitrogens with zero attached hydrogens (tertiary/aromatic N) is 5. The van der Waals surface area contributed by atoms with Gasteiger partial charge in [-0.05, 0) is 31.2 Å². The number of hydrogen-bond donors (Lipinski definition) is 2. The summed E-state index contributed by atoms with van der Waals surface area (Å²) in [5.74, 6) is -0.929. The summed E-state index contributed by atoms with van der Waals surface area (Å²) in [6.45, 7) is 3.75. The molecule has 0 aromatic heterocycles. The van der Waals surface area contributed by atoms with Gasteiger partial charge in [0.15, 0.2) is 0 Å². The van der Waals surface area contributed by atoms with Gasteiger partial charge in [-0.15, -0.1) is 4.99 Å². The zero-order chi connectivity index (χ0) is 23.9. The Morgan fingerprint density at radius 2 is 1.62 bits per heavy atom. The highest BCUT2D eigenvalue weighted by molar-refractivity contribution is 5.89. The number of nitriles is 1. The monoisotopic (exact) mass is 466 g/mol. The zero-order valence-electron chi connectivity index (χ0n) is 19.6. The number of amides is 2. The van der Waals surface area contributed by atoms with E-state index in [0.717, 1.165) is 45.2 Å². The maximum atomic E-state index is 13.5. The fraction of sp³-hybridized carbons (Fsp3) is 0.600. The maximum absolute atomic E-state index is 13.5. The third-order valence-electron chi connectivity index (χ3n) is 7.47. The largest absolute Gasteiger partial charge is 0.342 e. The van der Waals surface area contributed by atoms with Crippen molar-refractivity contribution in [3.8, 4) is 6.19 Å². The number of carbonyl (C=O) groups is 2. The van der Waals surface area contributed by atoms with E-state index in [0.29, 0.717) is 37.9 Å². The van der Waals surface area contributed by atoms with Crippen LogP contribution in [0.3, 0.4) is 0 Å². The van der Waals surface area contributed by atoms with Gasteiger partial charge in [-0.2, -0.15) is 5.26 Å². The molecule has 3 heterocycles. The van der Waals surface area contributed by atoms with Crippen molar-refractivity contribution in [3.63, 3.8) is 0 Å². The van der Waals surface area contributed by atoms with Gasteiger partial charge in [0, 0.05) is 45.2 Å². The molecule has 0 saturated carbocycles. The summed E-state index contributed by atoms with van der Waals surface area (Å²) in [4.78, 5) is 36.2. The number of aliphatic imine (C=N–C) groups is 1. The van der Waals surface area contributed by atoms with E-state index in [-0.39, 0.29) is 12.5 Å². The van der Waals surface area contributed by atoms with Crippen LogP contribution in [-0.2, 0) is 9.59 Å². The second-order valence-corrected chi connectivity index (χ2v) is 9.52. The predicted octanol–water partition coefficient (Wildman–Crippen LogP) is 2.16. The van der Waals surface area contributed by atoms with E-state index in [2.05, 4.69) is 22.0 Å². The van der Waals surface area contributed by atoms with Crippen LogP contribution in [0.5, 0.6) is 0 Å². The lowest BCUT2D eigenvalue weighted by molar-refractivity contribution is -0.147. The van der Waals surface area contributed by atoms with Crippen LogP contribution in [0.2, 0.25) is 0 Å². The molecule has 34 heavy (non-hydrogen) atoms. The molecule has 4 rings (SSSR count). The SMILES string of the molecule is N#CN=C(N1CCCCCC1)N1CCC(C(=O)N2CC[C@H](c3ccccc3)C2)C(C(=O)NO)C1. The molecule has 3 aliphatic rings. The quantitative estimate of drug-likeness (QED) is 0.232. The van der Waals surface area contributed by atoms with Crippen LogP contribution in [0, 0.1) is 23.3 Å². The molecule has 182 valence electrons. The second-order valence-electron chi connectivity index (χ2n) is 9.52. The van der Waals surface area contributed by atoms with Crippen molar-refractivity contribution < 1.29 is 14.8 Å². The summed E-state index contributed by atoms with van der Waals surface area (Å²) in [5.41, 5.74) is 3.00. The Morgan fingerprint density at radius 1 is 0.912 bits per heavy atom. The first kappa shape index (κ1) is 24.0. The summed E-state index contributed by atoms with van der Waals surface area (Å²) in [6.07, 6.45) is 7.68. The molecule has 3 atom stereocenters. The van der Waals surface area contributed by atoms with Crippen molar-refractivity contribution in [2.75, 3.05) is 39.3 Å². The van der Waals surface area contributed by atoms with E-state index in [4.69, 9.17) is 0 Å². The molecule has 3 fully saturated rings. The number of rotatable bonds is 3. The summed E-state index contributed by atoms with van der Waals surface area (Å²) >= 11 is 0. The average Bonchev–Trinajstić information content (AvgIpc) is 3.23. The molecule has 1 aromatic carbocycles. The van der Waals surface area contributed by atoms with Crippen molar-refractivity contribution in [1.29, 1.82) is 5.26 Å². The Labute approximate surface area is 201 Å². The first-order valence-corrected chi connectivity index (χ1v) is 12.4. The summed E-state index contributed by atoms with van der Waals surface area (Å²) < 4.78 is 0. The molecule has 9 nitrogen and oxygen atoms in total. The standard InChI is InChI=1S/C25H34N6O3/c26-18-27-25(29-12-6-1-2-7-13-29)31-15-11-21(22(17-31)23(32)28-34)24(33)30-14-10-20(16-30)19-8-4-3-5-9-19/h3-5,8-9,20-22,34H,1-2,6-7,10-17H2,(H,28,32)/t20-,21?,22?/m0/s1. The Morgan fingerprint density at radius 3 is 2.29 bits per heavy atom. The van der Waals surface area contributed by atoms with Crippen LogP contribution in [0.4, 0.5) is 0 Å². The fourth-order valence-corrected chi connectivity index (χ4v) is 5.63. The lowest BCUT2D eigenvalue weighted by Crippen LogP contribution is -2.56. The lowest BCUT2D eigenvalue weighted by atomic mass is 9.83. The highest BCUT2D eigenvalue weighted by Crippen LogP contribution is 2.32. The van der Waals surface area contributed by atoms with Crippen molar-refractivity contribution in [3.05, 3.63) is 35.9 Å². The number of carbonyl (C=O) groups excluding carboxylic acids is 2. The Hall–Kier alpha value is -3.12. The first-order valence-electron chi connectivity index (χ1n) is 12.4. The molecule has 0 bridgehead atoms. The van der Waals surface area contributed by atoms with Crippen LogP contribution in [-0.4, -0.2) is 76.9 Å².